The molecular weight excluding hydrogens is 357 g/mol. The van der Waals surface area contributed by atoms with Gasteiger partial charge in [0.05, 0.1) is 11.9 Å². The van der Waals surface area contributed by atoms with E-state index >= 15 is 0 Å². The van der Waals surface area contributed by atoms with Gasteiger partial charge in [0, 0.05) is 19.0 Å². The highest BCUT2D eigenvalue weighted by atomic mass is 35.5. The molecule has 130 valence electrons. The van der Waals surface area contributed by atoms with E-state index in [1.54, 1.807) is 0 Å². The maximum atomic E-state index is 13.0. The van der Waals surface area contributed by atoms with Crippen molar-refractivity contribution in [2.24, 2.45) is 11.1 Å². The molecule has 3 heterocycles. The summed E-state index contributed by atoms with van der Waals surface area (Å²) in [7, 11) is -3.69. The van der Waals surface area contributed by atoms with Crippen LogP contribution in [0.3, 0.4) is 0 Å². The van der Waals surface area contributed by atoms with Crippen molar-refractivity contribution in [2.45, 2.75) is 19.3 Å². The van der Waals surface area contributed by atoms with E-state index in [0.29, 0.717) is 36.2 Å². The first-order valence-corrected chi connectivity index (χ1v) is 9.29. The summed E-state index contributed by atoms with van der Waals surface area (Å²) >= 11 is 6.25. The highest BCUT2D eigenvalue weighted by Crippen LogP contribution is 2.36. The summed E-state index contributed by atoms with van der Waals surface area (Å²) in [5.74, 6) is 0.0675. The second-order valence-electron chi connectivity index (χ2n) is 5.93. The zero-order chi connectivity index (χ0) is 17.5. The quantitative estimate of drug-likeness (QED) is 0.856. The van der Waals surface area contributed by atoms with E-state index in [1.807, 2.05) is 6.92 Å². The third-order valence-electron chi connectivity index (χ3n) is 4.25. The van der Waals surface area contributed by atoms with Crippen LogP contribution in [-0.4, -0.2) is 40.8 Å². The van der Waals surface area contributed by atoms with E-state index in [2.05, 4.69) is 15.0 Å². The number of nitrogens with zero attached hydrogens (tertiary/aromatic N) is 3. The Bertz CT molecular complexity index is 839. The molecule has 3 rings (SSSR count). The number of rotatable bonds is 3. The number of nitrogens with two attached hydrogens (primary N) is 1. The Morgan fingerprint density at radius 1 is 1.46 bits per heavy atom. The van der Waals surface area contributed by atoms with Gasteiger partial charge in [-0.2, -0.15) is 12.7 Å². The predicted octanol–water partition coefficient (Wildman–Crippen LogP) is 1.89. The van der Waals surface area contributed by atoms with Crippen LogP contribution in [0.25, 0.3) is 11.5 Å². The van der Waals surface area contributed by atoms with E-state index in [0.717, 1.165) is 11.9 Å². The zero-order valence-corrected chi connectivity index (χ0v) is 14.5. The van der Waals surface area contributed by atoms with E-state index in [9.17, 15) is 12.8 Å². The Labute approximate surface area is 144 Å². The number of nitrogens with one attached hydrogen (secondary N) is 1. The summed E-state index contributed by atoms with van der Waals surface area (Å²) in [4.78, 5) is 11.4. The van der Waals surface area contributed by atoms with Crippen LogP contribution in [0.2, 0.25) is 5.15 Å². The first-order chi connectivity index (χ1) is 11.3. The maximum Gasteiger partial charge on any atom is 0.276 e. The molecule has 2 aromatic rings. The van der Waals surface area contributed by atoms with E-state index in [4.69, 9.17) is 16.7 Å². The number of H-pyrrole nitrogens is 1. The lowest BCUT2D eigenvalue weighted by Gasteiger charge is -2.34. The normalized spacial score (nSPS) is 22.7. The fraction of sp³-hybridized carbons (Fsp3) is 0.429. The van der Waals surface area contributed by atoms with Crippen molar-refractivity contribution in [2.75, 3.05) is 13.1 Å². The molecule has 2 aromatic heterocycles. The Kier molecular flexibility index (Phi) is 4.60. The molecule has 3 N–H and O–H groups in total. The largest absolute Gasteiger partial charge is 0.339 e. The lowest BCUT2D eigenvalue weighted by atomic mass is 9.86. The average molecular weight is 374 g/mol. The molecule has 0 amide bonds. The van der Waals surface area contributed by atoms with Gasteiger partial charge in [-0.15, -0.1) is 0 Å². The van der Waals surface area contributed by atoms with Gasteiger partial charge in [-0.05, 0) is 24.5 Å². The van der Waals surface area contributed by atoms with Crippen LogP contribution >= 0.6 is 11.6 Å². The van der Waals surface area contributed by atoms with Crippen molar-refractivity contribution in [1.82, 2.24) is 19.3 Å². The average Bonchev–Trinajstić information content (AvgIpc) is 2.89. The Balaban J connectivity index is 1.84. The lowest BCUT2D eigenvalue weighted by Crippen LogP contribution is -2.45. The predicted molar refractivity (Wildman–Crippen MR) is 88.0 cm³/mol. The van der Waals surface area contributed by atoms with Crippen LogP contribution in [0.5, 0.6) is 0 Å². The summed E-state index contributed by atoms with van der Waals surface area (Å²) < 4.78 is 37.2. The summed E-state index contributed by atoms with van der Waals surface area (Å²) in [6, 6.07) is 2.81. The summed E-state index contributed by atoms with van der Waals surface area (Å²) in [6.45, 7) is 2.59. The molecule has 1 saturated heterocycles. The van der Waals surface area contributed by atoms with E-state index in [1.165, 1.54) is 16.4 Å². The number of pyridine rings is 1. The van der Waals surface area contributed by atoms with Crippen LogP contribution in [0.4, 0.5) is 4.39 Å². The second-order valence-corrected chi connectivity index (χ2v) is 7.83. The van der Waals surface area contributed by atoms with Gasteiger partial charge in [-0.1, -0.05) is 18.5 Å². The smallest absolute Gasteiger partial charge is 0.276 e. The van der Waals surface area contributed by atoms with Gasteiger partial charge >= 0.3 is 0 Å². The van der Waals surface area contributed by atoms with Crippen molar-refractivity contribution < 1.29 is 12.8 Å². The first-order valence-electron chi connectivity index (χ1n) is 7.41. The van der Waals surface area contributed by atoms with Crippen LogP contribution in [0.1, 0.15) is 25.0 Å². The van der Waals surface area contributed by atoms with Gasteiger partial charge in [0.15, 0.2) is 11.0 Å². The molecule has 7 nitrogen and oxygen atoms in total. The minimum atomic E-state index is -3.69. The van der Waals surface area contributed by atoms with E-state index in [-0.39, 0.29) is 11.8 Å². The Hall–Kier alpha value is -1.55. The zero-order valence-electron chi connectivity index (χ0n) is 12.9. The molecule has 1 aliphatic rings. The molecule has 0 aliphatic carbocycles. The Morgan fingerprint density at radius 3 is 2.79 bits per heavy atom. The first kappa shape index (κ1) is 17.3. The number of hydrogen-bond acceptors (Lipinski definition) is 4. The lowest BCUT2D eigenvalue weighted by molar-refractivity contribution is 0.246. The molecular formula is C14H17ClFN5O2S. The minimum absolute atomic E-state index is 0.0176. The summed E-state index contributed by atoms with van der Waals surface area (Å²) in [6.07, 6.45) is 1.69. The highest BCUT2D eigenvalue weighted by molar-refractivity contribution is 7.86. The molecule has 2 atom stereocenters. The van der Waals surface area contributed by atoms with Gasteiger partial charge in [-0.3, -0.25) is 0 Å². The second kappa shape index (κ2) is 6.40. The fourth-order valence-electron chi connectivity index (χ4n) is 3.02. The number of hydrogen-bond donors (Lipinski definition) is 2. The van der Waals surface area contributed by atoms with Gasteiger partial charge < -0.3 is 4.98 Å². The molecule has 0 unspecified atom stereocenters. The van der Waals surface area contributed by atoms with Crippen molar-refractivity contribution in [3.63, 3.8) is 0 Å². The number of halogens is 2. The van der Waals surface area contributed by atoms with Crippen molar-refractivity contribution >= 4 is 21.8 Å². The fourth-order valence-corrected chi connectivity index (χ4v) is 4.09. The third-order valence-corrected chi connectivity index (χ3v) is 5.59. The SMILES string of the molecule is C[C@@H]1CN(S(N)(=O)=O)CC[C@@H]1c1[nH]c(-c2ccc(F)cn2)nc1Cl. The molecule has 0 saturated carbocycles. The van der Waals surface area contributed by atoms with Crippen LogP contribution in [0, 0.1) is 11.7 Å². The van der Waals surface area contributed by atoms with Crippen LogP contribution < -0.4 is 5.14 Å². The number of aromatic amines is 1. The van der Waals surface area contributed by atoms with Gasteiger partial charge in [0.2, 0.25) is 0 Å². The monoisotopic (exact) mass is 373 g/mol. The molecule has 1 aliphatic heterocycles. The molecule has 1 fully saturated rings. The Morgan fingerprint density at radius 2 is 2.21 bits per heavy atom. The molecule has 0 bridgehead atoms. The van der Waals surface area contributed by atoms with E-state index < -0.39 is 16.0 Å². The van der Waals surface area contributed by atoms with Crippen molar-refractivity contribution in [3.05, 3.63) is 35.0 Å². The van der Waals surface area contributed by atoms with Crippen molar-refractivity contribution in [3.8, 4) is 11.5 Å². The highest BCUT2D eigenvalue weighted by Gasteiger charge is 2.34. The van der Waals surface area contributed by atoms with Gasteiger partial charge in [-0.25, -0.2) is 19.5 Å². The minimum Gasteiger partial charge on any atom is -0.339 e. The molecule has 0 spiro atoms. The molecule has 0 radical (unpaired) electrons. The summed E-state index contributed by atoms with van der Waals surface area (Å²) in [5, 5.41) is 5.51. The molecule has 10 heteroatoms. The molecule has 0 aromatic carbocycles. The van der Waals surface area contributed by atoms with Gasteiger partial charge in [0.25, 0.3) is 10.2 Å². The standard InChI is InChI=1S/C14H17ClFN5O2S/c1-8-7-21(24(17,22)23)5-4-10(8)12-13(15)20-14(19-12)11-3-2-9(16)6-18-11/h2-3,6,8,10H,4-5,7H2,1H3,(H,19,20)(H2,17,22,23)/t8-,10+/m1/s1. The molecule has 24 heavy (non-hydrogen) atoms. The maximum absolute atomic E-state index is 13.0. The van der Waals surface area contributed by atoms with Crippen molar-refractivity contribution in [1.29, 1.82) is 0 Å². The van der Waals surface area contributed by atoms with Gasteiger partial charge in [0.1, 0.15) is 11.5 Å². The summed E-state index contributed by atoms with van der Waals surface area (Å²) in [5.41, 5.74) is 1.22. The van der Waals surface area contributed by atoms with Crippen LogP contribution in [-0.2, 0) is 10.2 Å². The number of imidazole rings is 1. The van der Waals surface area contributed by atoms with Crippen LogP contribution in [0.15, 0.2) is 18.3 Å². The topological polar surface area (TPSA) is 105 Å². The third kappa shape index (κ3) is 3.44. The number of aromatic nitrogens is 3. The number of piperidine rings is 1.